The second-order valence-electron chi connectivity index (χ2n) is 8.19. The highest BCUT2D eigenvalue weighted by molar-refractivity contribution is 7.84. The number of oxime groups is 1. The van der Waals surface area contributed by atoms with Crippen molar-refractivity contribution < 1.29 is 32.1 Å². The minimum absolute atomic E-state index is 0.0435. The molecule has 2 aromatic rings. The highest BCUT2D eigenvalue weighted by atomic mass is 32.2. The number of carbonyl (C=O) groups excluding carboxylic acids is 2. The summed E-state index contributed by atoms with van der Waals surface area (Å²) in [7, 11) is -4.73. The van der Waals surface area contributed by atoms with Crippen LogP contribution in [0, 0.1) is 5.41 Å². The van der Waals surface area contributed by atoms with E-state index in [2.05, 4.69) is 20.8 Å². The number of nitrogens with two attached hydrogens (primary N) is 1. The van der Waals surface area contributed by atoms with Crippen LogP contribution in [0.4, 0.5) is 5.13 Å². The average Bonchev–Trinajstić information content (AvgIpc) is 3.24. The van der Waals surface area contributed by atoms with E-state index in [0.717, 1.165) is 11.3 Å². The summed E-state index contributed by atoms with van der Waals surface area (Å²) in [6, 6.07) is 4.84. The molecule has 16 heteroatoms. The lowest BCUT2D eigenvalue weighted by Gasteiger charge is -2.42. The van der Waals surface area contributed by atoms with Gasteiger partial charge in [0.1, 0.15) is 29.9 Å². The third-order valence-corrected chi connectivity index (χ3v) is 6.71. The van der Waals surface area contributed by atoms with Crippen molar-refractivity contribution in [3.05, 3.63) is 40.9 Å². The molecule has 1 saturated heterocycles. The van der Waals surface area contributed by atoms with E-state index in [1.54, 1.807) is 24.3 Å². The van der Waals surface area contributed by atoms with Gasteiger partial charge < -0.3 is 25.9 Å². The molecule has 0 aliphatic carbocycles. The maximum absolute atomic E-state index is 12.8. The van der Waals surface area contributed by atoms with Gasteiger partial charge in [0.05, 0.1) is 6.04 Å². The Morgan fingerprint density at radius 1 is 1.32 bits per heavy atom. The van der Waals surface area contributed by atoms with Gasteiger partial charge in [0.2, 0.25) is 0 Å². The fraction of sp³-hybridized carbons (Fsp3) is 0.381. The number of nitrogens with one attached hydrogen (secondary N) is 3. The van der Waals surface area contributed by atoms with Crippen LogP contribution < -0.4 is 21.1 Å². The topological polar surface area (TPSA) is 209 Å². The number of nitrogen functional groups attached to an aromatic ring is 1. The van der Waals surface area contributed by atoms with Crippen molar-refractivity contribution in [3.8, 4) is 5.75 Å². The number of hydrogen-bond donors (Lipinski definition) is 5. The van der Waals surface area contributed by atoms with E-state index < -0.39 is 34.2 Å². The van der Waals surface area contributed by atoms with Crippen molar-refractivity contribution in [2.75, 3.05) is 18.9 Å². The van der Waals surface area contributed by atoms with Crippen LogP contribution in [0.3, 0.4) is 0 Å². The number of amides is 2. The Morgan fingerprint density at radius 3 is 2.54 bits per heavy atom. The van der Waals surface area contributed by atoms with E-state index >= 15 is 0 Å². The van der Waals surface area contributed by atoms with E-state index in [4.69, 9.17) is 25.3 Å². The molecule has 2 atom stereocenters. The largest absolute Gasteiger partial charge is 0.490 e. The number of nitrogens with zero attached hydrogens (tertiary/aromatic N) is 3. The summed E-state index contributed by atoms with van der Waals surface area (Å²) in [4.78, 5) is 34.1. The number of carbonyl (C=O) groups is 2. The number of hydrogen-bond acceptors (Lipinski definition) is 11. The number of aromatic nitrogens is 1. The molecule has 37 heavy (non-hydrogen) atoms. The van der Waals surface area contributed by atoms with Crippen LogP contribution in [0.25, 0.3) is 0 Å². The monoisotopic (exact) mass is 553 g/mol. The summed E-state index contributed by atoms with van der Waals surface area (Å²) in [5, 5.41) is 18.8. The maximum Gasteiger partial charge on any atom is 0.362 e. The molecular weight excluding hydrogens is 526 g/mol. The molecule has 0 unspecified atom stereocenters. The van der Waals surface area contributed by atoms with Crippen LogP contribution in [0.2, 0.25) is 0 Å². The molecule has 3 rings (SSSR count). The molecule has 1 aromatic heterocycles. The molecule has 2 heterocycles. The average molecular weight is 554 g/mol. The molecule has 1 aliphatic heterocycles. The number of β-lactam (4-membered cyclic amide) rings is 1. The maximum atomic E-state index is 12.8. The van der Waals surface area contributed by atoms with Crippen LogP contribution in [0.5, 0.6) is 5.75 Å². The van der Waals surface area contributed by atoms with E-state index in [9.17, 15) is 18.0 Å². The Hall–Kier alpha value is -3.76. The standard InChI is InChI=1S/C21H27N7O7S2/c1-11(2)24-18(22)13-4-6-14(7-5-13)34-8-9-35-27-17(15-10-36-21(23)25-15)19(29)26-16-12(3)28(20(16)30)37(31,32)33/h4-7,10-12,16H,8-9H2,1-3H3,(H2,22,24)(H2,23,25)(H,26,29)(H,31,32,33)/b27-17-/t12-,16-/m0/s1. The smallest absolute Gasteiger partial charge is 0.362 e. The molecule has 1 aliphatic rings. The molecule has 0 bridgehead atoms. The quantitative estimate of drug-likeness (QED) is 0.0644. The fourth-order valence-corrected chi connectivity index (χ4v) is 4.74. The first kappa shape index (κ1) is 27.8. The first-order valence-electron chi connectivity index (χ1n) is 11.0. The summed E-state index contributed by atoms with van der Waals surface area (Å²) in [5.41, 5.74) is 6.17. The summed E-state index contributed by atoms with van der Waals surface area (Å²) in [6.07, 6.45) is 0. The Labute approximate surface area is 217 Å². The highest BCUT2D eigenvalue weighted by Gasteiger charge is 2.51. The van der Waals surface area contributed by atoms with Crippen LogP contribution in [-0.2, 0) is 24.7 Å². The highest BCUT2D eigenvalue weighted by Crippen LogP contribution is 2.23. The predicted octanol–water partition coefficient (Wildman–Crippen LogP) is 0.367. The van der Waals surface area contributed by atoms with Crippen molar-refractivity contribution in [2.24, 2.45) is 5.16 Å². The van der Waals surface area contributed by atoms with E-state index in [1.807, 2.05) is 13.8 Å². The number of anilines is 1. The number of thiazole rings is 1. The fourth-order valence-electron chi connectivity index (χ4n) is 3.31. The first-order chi connectivity index (χ1) is 17.4. The van der Waals surface area contributed by atoms with Gasteiger partial charge in [0.15, 0.2) is 17.5 Å². The van der Waals surface area contributed by atoms with Gasteiger partial charge in [-0.15, -0.1) is 11.3 Å². The molecule has 1 fully saturated rings. The predicted molar refractivity (Wildman–Crippen MR) is 136 cm³/mol. The van der Waals surface area contributed by atoms with Crippen LogP contribution >= 0.6 is 11.3 Å². The second-order valence-corrected chi connectivity index (χ2v) is 10.4. The number of ether oxygens (including phenoxy) is 1. The summed E-state index contributed by atoms with van der Waals surface area (Å²) < 4.78 is 37.5. The zero-order valence-electron chi connectivity index (χ0n) is 20.2. The van der Waals surface area contributed by atoms with E-state index in [1.165, 1.54) is 12.3 Å². The summed E-state index contributed by atoms with van der Waals surface area (Å²) >= 11 is 1.06. The normalized spacial score (nSPS) is 17.8. The molecule has 0 saturated carbocycles. The van der Waals surface area contributed by atoms with Gasteiger partial charge in [-0.25, -0.2) is 9.29 Å². The van der Waals surface area contributed by atoms with Gasteiger partial charge in [-0.05, 0) is 45.0 Å². The summed E-state index contributed by atoms with van der Waals surface area (Å²) in [6.45, 7) is 5.27. The molecule has 0 radical (unpaired) electrons. The molecule has 14 nitrogen and oxygen atoms in total. The van der Waals surface area contributed by atoms with Crippen molar-refractivity contribution in [1.29, 1.82) is 5.41 Å². The molecular formula is C21H27N7O7S2. The van der Waals surface area contributed by atoms with Gasteiger partial charge in [-0.3, -0.25) is 19.6 Å². The molecule has 1 aromatic carbocycles. The zero-order chi connectivity index (χ0) is 27.3. The van der Waals surface area contributed by atoms with Crippen molar-refractivity contribution in [1.82, 2.24) is 19.9 Å². The van der Waals surface area contributed by atoms with Gasteiger partial charge in [0, 0.05) is 17.0 Å². The molecule has 6 N–H and O–H groups in total. The minimum atomic E-state index is -4.73. The van der Waals surface area contributed by atoms with E-state index in [0.29, 0.717) is 17.1 Å². The molecule has 0 spiro atoms. The Morgan fingerprint density at radius 2 is 2.00 bits per heavy atom. The van der Waals surface area contributed by atoms with Crippen LogP contribution in [0.15, 0.2) is 34.8 Å². The zero-order valence-corrected chi connectivity index (χ0v) is 21.8. The SMILES string of the molecule is CC(C)NC(=N)c1ccc(OCCO/N=C(\C(=O)N[C@@H]2C(=O)N(S(=O)(=O)O)[C@H]2C)c2csc(N)n2)cc1. The van der Waals surface area contributed by atoms with Crippen LogP contribution in [-0.4, -0.2) is 77.0 Å². The van der Waals surface area contributed by atoms with Gasteiger partial charge in [-0.1, -0.05) is 5.16 Å². The Kier molecular flexibility index (Phi) is 8.67. The van der Waals surface area contributed by atoms with Gasteiger partial charge >= 0.3 is 10.3 Å². The van der Waals surface area contributed by atoms with Crippen molar-refractivity contribution in [3.63, 3.8) is 0 Å². The van der Waals surface area contributed by atoms with Gasteiger partial charge in [-0.2, -0.15) is 8.42 Å². The van der Waals surface area contributed by atoms with E-state index in [-0.39, 0.29) is 40.1 Å². The number of rotatable bonds is 11. The minimum Gasteiger partial charge on any atom is -0.490 e. The lowest BCUT2D eigenvalue weighted by atomic mass is 10.0. The lowest BCUT2D eigenvalue weighted by Crippen LogP contribution is -2.71. The number of benzene rings is 1. The molecule has 200 valence electrons. The second kappa shape index (κ2) is 11.5. The van der Waals surface area contributed by atoms with Gasteiger partial charge in [0.25, 0.3) is 11.8 Å². The van der Waals surface area contributed by atoms with Crippen LogP contribution in [0.1, 0.15) is 32.0 Å². The first-order valence-corrected chi connectivity index (χ1v) is 13.3. The third kappa shape index (κ3) is 6.93. The van der Waals surface area contributed by atoms with Crippen molar-refractivity contribution >= 4 is 50.1 Å². The summed E-state index contributed by atoms with van der Waals surface area (Å²) in [5.74, 6) is -0.994. The lowest BCUT2D eigenvalue weighted by molar-refractivity contribution is -0.143. The third-order valence-electron chi connectivity index (χ3n) is 5.03. The molecule has 2 amide bonds. The Balaban J connectivity index is 1.58. The van der Waals surface area contributed by atoms with Crippen molar-refractivity contribution in [2.45, 2.75) is 38.9 Å². The Bertz CT molecular complexity index is 1290. The number of amidine groups is 1.